The van der Waals surface area contributed by atoms with Gasteiger partial charge in [-0.15, -0.1) is 11.3 Å². The SMILES string of the molecule is Cc1ccc2sc(C(=O)NCC(C)S(C)=O)c(N)c2c1. The summed E-state index contributed by atoms with van der Waals surface area (Å²) in [7, 11) is -0.949. The van der Waals surface area contributed by atoms with E-state index in [2.05, 4.69) is 5.32 Å². The molecule has 2 unspecified atom stereocenters. The minimum absolute atomic E-state index is 0.0724. The molecule has 0 bridgehead atoms. The van der Waals surface area contributed by atoms with E-state index in [0.717, 1.165) is 15.6 Å². The number of carbonyl (C=O) groups excluding carboxylic acids is 1. The van der Waals surface area contributed by atoms with Gasteiger partial charge in [-0.1, -0.05) is 11.6 Å². The number of thiophene rings is 1. The lowest BCUT2D eigenvalue weighted by atomic mass is 10.1. The predicted molar refractivity (Wildman–Crippen MR) is 86.8 cm³/mol. The van der Waals surface area contributed by atoms with E-state index in [1.165, 1.54) is 11.3 Å². The zero-order valence-corrected chi connectivity index (χ0v) is 13.4. The normalized spacial score (nSPS) is 14.2. The van der Waals surface area contributed by atoms with E-state index in [-0.39, 0.29) is 11.2 Å². The summed E-state index contributed by atoms with van der Waals surface area (Å²) in [4.78, 5) is 12.7. The van der Waals surface area contributed by atoms with Gasteiger partial charge in [0.25, 0.3) is 5.91 Å². The highest BCUT2D eigenvalue weighted by Crippen LogP contribution is 2.34. The van der Waals surface area contributed by atoms with Crippen molar-refractivity contribution in [2.24, 2.45) is 0 Å². The van der Waals surface area contributed by atoms with Crippen LogP contribution in [-0.2, 0) is 10.8 Å². The molecule has 0 aliphatic carbocycles. The second-order valence-electron chi connectivity index (χ2n) is 4.86. The fraction of sp³-hybridized carbons (Fsp3) is 0.357. The summed E-state index contributed by atoms with van der Waals surface area (Å²) in [6.07, 6.45) is 1.63. The van der Waals surface area contributed by atoms with Crippen LogP contribution in [0.3, 0.4) is 0 Å². The number of anilines is 1. The predicted octanol–water partition coefficient (Wildman–Crippen LogP) is 2.29. The molecule has 108 valence electrons. The highest BCUT2D eigenvalue weighted by molar-refractivity contribution is 7.84. The van der Waals surface area contributed by atoms with E-state index < -0.39 is 10.8 Å². The molecule has 2 atom stereocenters. The molecule has 1 aromatic carbocycles. The molecule has 0 aliphatic rings. The minimum Gasteiger partial charge on any atom is -0.397 e. The largest absolute Gasteiger partial charge is 0.397 e. The van der Waals surface area contributed by atoms with Crippen molar-refractivity contribution in [3.05, 3.63) is 28.6 Å². The fourth-order valence-electron chi connectivity index (χ4n) is 1.83. The van der Waals surface area contributed by atoms with Crippen molar-refractivity contribution in [3.8, 4) is 0 Å². The molecule has 6 heteroatoms. The van der Waals surface area contributed by atoms with Gasteiger partial charge < -0.3 is 11.1 Å². The van der Waals surface area contributed by atoms with E-state index in [1.54, 1.807) is 6.26 Å². The number of nitrogens with two attached hydrogens (primary N) is 1. The van der Waals surface area contributed by atoms with Gasteiger partial charge >= 0.3 is 0 Å². The van der Waals surface area contributed by atoms with Crippen LogP contribution >= 0.6 is 11.3 Å². The smallest absolute Gasteiger partial charge is 0.263 e. The molecule has 0 saturated heterocycles. The molecule has 1 amide bonds. The average Bonchev–Trinajstić information content (AvgIpc) is 2.73. The summed E-state index contributed by atoms with van der Waals surface area (Å²) in [5.74, 6) is -0.196. The van der Waals surface area contributed by atoms with E-state index in [1.807, 2.05) is 32.0 Å². The molecule has 4 nitrogen and oxygen atoms in total. The lowest BCUT2D eigenvalue weighted by Gasteiger charge is -2.09. The first-order valence-electron chi connectivity index (χ1n) is 6.29. The van der Waals surface area contributed by atoms with Crippen molar-refractivity contribution >= 4 is 43.8 Å². The summed E-state index contributed by atoms with van der Waals surface area (Å²) in [5.41, 5.74) is 7.70. The Kier molecular flexibility index (Phi) is 4.45. The molecule has 0 aliphatic heterocycles. The van der Waals surface area contributed by atoms with Gasteiger partial charge in [0.1, 0.15) is 4.88 Å². The Morgan fingerprint density at radius 1 is 1.50 bits per heavy atom. The number of hydrogen-bond acceptors (Lipinski definition) is 4. The van der Waals surface area contributed by atoms with Gasteiger partial charge in [0.05, 0.1) is 5.69 Å². The molecule has 1 heterocycles. The molecular weight excluding hydrogens is 292 g/mol. The van der Waals surface area contributed by atoms with Gasteiger partial charge in [-0.2, -0.15) is 0 Å². The van der Waals surface area contributed by atoms with E-state index in [9.17, 15) is 9.00 Å². The third kappa shape index (κ3) is 3.02. The highest BCUT2D eigenvalue weighted by atomic mass is 32.2. The van der Waals surface area contributed by atoms with Crippen LogP contribution in [0.1, 0.15) is 22.2 Å². The van der Waals surface area contributed by atoms with Crippen LogP contribution < -0.4 is 11.1 Å². The zero-order chi connectivity index (χ0) is 14.9. The highest BCUT2D eigenvalue weighted by Gasteiger charge is 2.17. The van der Waals surface area contributed by atoms with Gasteiger partial charge in [0.2, 0.25) is 0 Å². The molecule has 20 heavy (non-hydrogen) atoms. The van der Waals surface area contributed by atoms with Gasteiger partial charge in [-0.05, 0) is 26.0 Å². The number of fused-ring (bicyclic) bond motifs is 1. The van der Waals surface area contributed by atoms with Gasteiger partial charge in [0, 0.05) is 38.9 Å². The van der Waals surface area contributed by atoms with Gasteiger partial charge in [0.15, 0.2) is 0 Å². The molecule has 0 saturated carbocycles. The summed E-state index contributed by atoms with van der Waals surface area (Å²) < 4.78 is 12.3. The third-order valence-electron chi connectivity index (χ3n) is 3.20. The maximum atomic E-state index is 12.2. The van der Waals surface area contributed by atoms with Crippen molar-refractivity contribution in [1.29, 1.82) is 0 Å². The standard InChI is InChI=1S/C14H18N2O2S2/c1-8-4-5-11-10(6-8)12(15)13(19-11)14(17)16-7-9(2)20(3)18/h4-6,9H,7,15H2,1-3H3,(H,16,17). The van der Waals surface area contributed by atoms with Crippen molar-refractivity contribution < 1.29 is 9.00 Å². The lowest BCUT2D eigenvalue weighted by molar-refractivity contribution is 0.0959. The number of nitrogen functional groups attached to an aromatic ring is 1. The second-order valence-corrected chi connectivity index (χ2v) is 7.72. The summed E-state index contributed by atoms with van der Waals surface area (Å²) in [6.45, 7) is 4.22. The molecule has 2 aromatic rings. The quantitative estimate of drug-likeness (QED) is 0.910. The Bertz CT molecular complexity index is 679. The Labute approximate surface area is 124 Å². The van der Waals surface area contributed by atoms with Crippen molar-refractivity contribution in [2.45, 2.75) is 19.1 Å². The molecule has 0 radical (unpaired) electrons. The molecule has 2 rings (SSSR count). The lowest BCUT2D eigenvalue weighted by Crippen LogP contribution is -2.32. The van der Waals surface area contributed by atoms with Crippen LogP contribution in [0.2, 0.25) is 0 Å². The van der Waals surface area contributed by atoms with Gasteiger partial charge in [-0.25, -0.2) is 0 Å². The Morgan fingerprint density at radius 3 is 2.85 bits per heavy atom. The number of amides is 1. The first kappa shape index (κ1) is 15.0. The van der Waals surface area contributed by atoms with Crippen molar-refractivity contribution in [3.63, 3.8) is 0 Å². The first-order valence-corrected chi connectivity index (χ1v) is 8.73. The van der Waals surface area contributed by atoms with Crippen LogP contribution in [-0.4, -0.2) is 28.2 Å². The number of aryl methyl sites for hydroxylation is 1. The van der Waals surface area contributed by atoms with Crippen LogP contribution in [0.25, 0.3) is 10.1 Å². The van der Waals surface area contributed by atoms with E-state index in [4.69, 9.17) is 5.73 Å². The maximum Gasteiger partial charge on any atom is 0.263 e. The molecule has 3 N–H and O–H groups in total. The number of benzene rings is 1. The summed E-state index contributed by atoms with van der Waals surface area (Å²) in [6, 6.07) is 5.97. The zero-order valence-electron chi connectivity index (χ0n) is 11.7. The van der Waals surface area contributed by atoms with Gasteiger partial charge in [-0.3, -0.25) is 9.00 Å². The Morgan fingerprint density at radius 2 is 2.20 bits per heavy atom. The summed E-state index contributed by atoms with van der Waals surface area (Å²) >= 11 is 1.39. The van der Waals surface area contributed by atoms with E-state index in [0.29, 0.717) is 17.1 Å². The van der Waals surface area contributed by atoms with Crippen molar-refractivity contribution in [2.75, 3.05) is 18.5 Å². The Balaban J connectivity index is 2.22. The van der Waals surface area contributed by atoms with Crippen LogP contribution in [0.5, 0.6) is 0 Å². The van der Waals surface area contributed by atoms with Crippen LogP contribution in [0.15, 0.2) is 18.2 Å². The number of rotatable bonds is 4. The first-order chi connectivity index (χ1) is 9.40. The van der Waals surface area contributed by atoms with Crippen molar-refractivity contribution in [1.82, 2.24) is 5.32 Å². The fourth-order valence-corrected chi connectivity index (χ4v) is 3.17. The molecule has 0 spiro atoms. The second kappa shape index (κ2) is 5.93. The average molecular weight is 310 g/mol. The van der Waals surface area contributed by atoms with Crippen LogP contribution in [0, 0.1) is 6.92 Å². The summed E-state index contributed by atoms with van der Waals surface area (Å²) in [5, 5.41) is 3.65. The molecular formula is C14H18N2O2S2. The van der Waals surface area contributed by atoms with E-state index >= 15 is 0 Å². The molecule has 0 fully saturated rings. The topological polar surface area (TPSA) is 72.2 Å². The number of nitrogens with one attached hydrogen (secondary N) is 1. The molecule has 1 aromatic heterocycles. The maximum absolute atomic E-state index is 12.2. The number of carbonyl (C=O) groups is 1. The Hall–Kier alpha value is -1.40. The third-order valence-corrected chi connectivity index (χ3v) is 5.69. The number of hydrogen-bond donors (Lipinski definition) is 2. The monoisotopic (exact) mass is 310 g/mol. The minimum atomic E-state index is -0.949. The van der Waals surface area contributed by atoms with Crippen LogP contribution in [0.4, 0.5) is 5.69 Å².